The number of nitrogens with one attached hydrogen (secondary N) is 3. The number of nitrogens with zero attached hydrogens (tertiary/aromatic N) is 1. The van der Waals surface area contributed by atoms with Gasteiger partial charge in [0, 0.05) is 18.4 Å². The van der Waals surface area contributed by atoms with Gasteiger partial charge in [0.1, 0.15) is 11.6 Å². The highest BCUT2D eigenvalue weighted by Gasteiger charge is 2.12. The molecule has 0 saturated carbocycles. The molecule has 6 nitrogen and oxygen atoms in total. The first-order chi connectivity index (χ1) is 11.7. The lowest BCUT2D eigenvalue weighted by Crippen LogP contribution is -2.27. The lowest BCUT2D eigenvalue weighted by Gasteiger charge is -2.12. The summed E-state index contributed by atoms with van der Waals surface area (Å²) < 4.78 is 5.42. The van der Waals surface area contributed by atoms with Gasteiger partial charge in [0.05, 0.1) is 12.2 Å². The van der Waals surface area contributed by atoms with Crippen LogP contribution in [0.4, 0.5) is 11.5 Å². The van der Waals surface area contributed by atoms with Crippen molar-refractivity contribution >= 4 is 42.2 Å². The third-order valence-electron chi connectivity index (χ3n) is 3.37. The van der Waals surface area contributed by atoms with Gasteiger partial charge in [-0.05, 0) is 63.3 Å². The Kier molecular flexibility index (Phi) is 12.2. The molecule has 0 saturated heterocycles. The van der Waals surface area contributed by atoms with Crippen LogP contribution < -0.4 is 20.7 Å². The smallest absolute Gasteiger partial charge is 0.255 e. The van der Waals surface area contributed by atoms with Gasteiger partial charge in [0.25, 0.3) is 5.91 Å². The van der Waals surface area contributed by atoms with Crippen LogP contribution in [-0.2, 0) is 0 Å². The summed E-state index contributed by atoms with van der Waals surface area (Å²) in [6, 6.07) is 11.1. The molecule has 2 rings (SSSR count). The highest BCUT2D eigenvalue weighted by atomic mass is 35.5. The van der Waals surface area contributed by atoms with Crippen molar-refractivity contribution in [1.29, 1.82) is 0 Å². The number of carbonyl (C=O) groups excluding carboxylic acids is 1. The first kappa shape index (κ1) is 24.0. The van der Waals surface area contributed by atoms with Crippen molar-refractivity contribution in [1.82, 2.24) is 15.6 Å². The van der Waals surface area contributed by atoms with E-state index in [1.165, 1.54) is 0 Å². The molecule has 0 aliphatic rings. The van der Waals surface area contributed by atoms with E-state index in [2.05, 4.69) is 20.9 Å². The summed E-state index contributed by atoms with van der Waals surface area (Å²) in [6.07, 6.45) is 2.54. The van der Waals surface area contributed by atoms with E-state index in [9.17, 15) is 4.79 Å². The number of pyridine rings is 1. The van der Waals surface area contributed by atoms with E-state index >= 15 is 0 Å². The average Bonchev–Trinajstić information content (AvgIpc) is 2.61. The SMILES string of the molecule is CCOc1ccc(Nc2ncccc2C(=O)NCCCNC)cc1.Cl.Cl. The molecule has 1 aromatic heterocycles. The Morgan fingerprint density at radius 1 is 1.12 bits per heavy atom. The van der Waals surface area contributed by atoms with Crippen LogP contribution in [0.3, 0.4) is 0 Å². The molecule has 0 spiro atoms. The largest absolute Gasteiger partial charge is 0.494 e. The normalized spacial score (nSPS) is 9.46. The van der Waals surface area contributed by atoms with E-state index in [4.69, 9.17) is 4.74 Å². The average molecular weight is 401 g/mol. The number of hydrogen-bond acceptors (Lipinski definition) is 5. The van der Waals surface area contributed by atoms with Crippen LogP contribution in [0.25, 0.3) is 0 Å². The van der Waals surface area contributed by atoms with Gasteiger partial charge in [0.15, 0.2) is 0 Å². The molecular formula is C18H26Cl2N4O2. The maximum atomic E-state index is 12.3. The van der Waals surface area contributed by atoms with Gasteiger partial charge in [-0.2, -0.15) is 0 Å². The Hall–Kier alpha value is -2.02. The van der Waals surface area contributed by atoms with Crippen molar-refractivity contribution in [2.45, 2.75) is 13.3 Å². The summed E-state index contributed by atoms with van der Waals surface area (Å²) in [5, 5.41) is 9.14. The molecule has 0 aliphatic carbocycles. The van der Waals surface area contributed by atoms with Crippen molar-refractivity contribution in [3.63, 3.8) is 0 Å². The number of rotatable bonds is 9. The molecule has 0 unspecified atom stereocenters. The Morgan fingerprint density at radius 3 is 2.50 bits per heavy atom. The minimum Gasteiger partial charge on any atom is -0.494 e. The van der Waals surface area contributed by atoms with Crippen LogP contribution in [0, 0.1) is 0 Å². The molecule has 1 heterocycles. The van der Waals surface area contributed by atoms with E-state index in [1.807, 2.05) is 38.2 Å². The fourth-order valence-corrected chi connectivity index (χ4v) is 2.19. The molecule has 26 heavy (non-hydrogen) atoms. The third-order valence-corrected chi connectivity index (χ3v) is 3.37. The molecule has 0 bridgehead atoms. The lowest BCUT2D eigenvalue weighted by molar-refractivity contribution is 0.0954. The van der Waals surface area contributed by atoms with Gasteiger partial charge in [-0.1, -0.05) is 0 Å². The van der Waals surface area contributed by atoms with Gasteiger partial charge >= 0.3 is 0 Å². The standard InChI is InChI=1S/C18H24N4O2.2ClH/c1-3-24-15-9-7-14(8-10-15)22-17-16(6-4-12-20-17)18(23)21-13-5-11-19-2;;/h4,6-10,12,19H,3,5,11,13H2,1-2H3,(H,20,22)(H,21,23);2*1H. The molecule has 1 amide bonds. The molecule has 0 radical (unpaired) electrons. The Morgan fingerprint density at radius 2 is 1.85 bits per heavy atom. The predicted molar refractivity (Wildman–Crippen MR) is 111 cm³/mol. The van der Waals surface area contributed by atoms with Crippen LogP contribution in [-0.4, -0.2) is 37.6 Å². The number of carbonyl (C=O) groups is 1. The summed E-state index contributed by atoms with van der Waals surface area (Å²) in [5.41, 5.74) is 1.37. The zero-order chi connectivity index (χ0) is 17.2. The number of aromatic nitrogens is 1. The predicted octanol–water partition coefficient (Wildman–Crippen LogP) is 3.41. The lowest BCUT2D eigenvalue weighted by atomic mass is 10.2. The molecular weight excluding hydrogens is 375 g/mol. The molecule has 144 valence electrons. The van der Waals surface area contributed by atoms with Gasteiger partial charge in [-0.15, -0.1) is 24.8 Å². The third kappa shape index (κ3) is 7.47. The quantitative estimate of drug-likeness (QED) is 0.562. The van der Waals surface area contributed by atoms with E-state index in [0.717, 1.165) is 24.4 Å². The van der Waals surface area contributed by atoms with Crippen LogP contribution in [0.15, 0.2) is 42.6 Å². The number of benzene rings is 1. The van der Waals surface area contributed by atoms with E-state index in [1.54, 1.807) is 18.3 Å². The minimum absolute atomic E-state index is 0. The Balaban J connectivity index is 0.00000312. The fraction of sp³-hybridized carbons (Fsp3) is 0.333. The Bertz CT molecular complexity index is 654. The maximum Gasteiger partial charge on any atom is 0.255 e. The highest BCUT2D eigenvalue weighted by molar-refractivity contribution is 5.99. The number of hydrogen-bond donors (Lipinski definition) is 3. The second-order valence-electron chi connectivity index (χ2n) is 5.19. The molecule has 3 N–H and O–H groups in total. The molecule has 0 aliphatic heterocycles. The van der Waals surface area contributed by atoms with Crippen LogP contribution in [0.2, 0.25) is 0 Å². The molecule has 8 heteroatoms. The summed E-state index contributed by atoms with van der Waals surface area (Å²) in [4.78, 5) is 16.6. The monoisotopic (exact) mass is 400 g/mol. The van der Waals surface area contributed by atoms with Crippen molar-refractivity contribution in [3.8, 4) is 5.75 Å². The number of amides is 1. The summed E-state index contributed by atoms with van der Waals surface area (Å²) >= 11 is 0. The van der Waals surface area contributed by atoms with Crippen molar-refractivity contribution in [3.05, 3.63) is 48.2 Å². The molecule has 0 fully saturated rings. The maximum absolute atomic E-state index is 12.3. The van der Waals surface area contributed by atoms with Crippen molar-refractivity contribution < 1.29 is 9.53 Å². The molecule has 2 aromatic rings. The topological polar surface area (TPSA) is 75.3 Å². The van der Waals surface area contributed by atoms with E-state index in [-0.39, 0.29) is 30.7 Å². The summed E-state index contributed by atoms with van der Waals surface area (Å²) in [5.74, 6) is 1.21. The van der Waals surface area contributed by atoms with Crippen LogP contribution >= 0.6 is 24.8 Å². The van der Waals surface area contributed by atoms with Gasteiger partial charge in [-0.25, -0.2) is 4.98 Å². The van der Waals surface area contributed by atoms with E-state index < -0.39 is 0 Å². The first-order valence-corrected chi connectivity index (χ1v) is 8.12. The zero-order valence-corrected chi connectivity index (χ0v) is 16.6. The first-order valence-electron chi connectivity index (χ1n) is 8.12. The summed E-state index contributed by atoms with van der Waals surface area (Å²) in [6.45, 7) is 4.06. The van der Waals surface area contributed by atoms with Crippen molar-refractivity contribution in [2.75, 3.05) is 32.1 Å². The second kappa shape index (κ2) is 13.2. The zero-order valence-electron chi connectivity index (χ0n) is 15.0. The Labute approximate surface area is 166 Å². The number of ether oxygens (including phenoxy) is 1. The molecule has 1 aromatic carbocycles. The fourth-order valence-electron chi connectivity index (χ4n) is 2.19. The van der Waals surface area contributed by atoms with Crippen LogP contribution in [0.1, 0.15) is 23.7 Å². The number of anilines is 2. The minimum atomic E-state index is -0.132. The molecule has 0 atom stereocenters. The van der Waals surface area contributed by atoms with E-state index in [0.29, 0.717) is 24.5 Å². The van der Waals surface area contributed by atoms with Crippen LogP contribution in [0.5, 0.6) is 5.75 Å². The number of halogens is 2. The van der Waals surface area contributed by atoms with Crippen molar-refractivity contribution in [2.24, 2.45) is 0 Å². The second-order valence-corrected chi connectivity index (χ2v) is 5.19. The highest BCUT2D eigenvalue weighted by Crippen LogP contribution is 2.21. The van der Waals surface area contributed by atoms with Gasteiger partial charge in [-0.3, -0.25) is 4.79 Å². The van der Waals surface area contributed by atoms with Gasteiger partial charge in [0.2, 0.25) is 0 Å². The summed E-state index contributed by atoms with van der Waals surface area (Å²) in [7, 11) is 1.89. The van der Waals surface area contributed by atoms with Gasteiger partial charge < -0.3 is 20.7 Å².